The number of sulfonamides is 1. The number of carboxylic acids is 1. The number of hydrogen-bond acceptors (Lipinski definition) is 3. The minimum atomic E-state index is -3.25. The van der Waals surface area contributed by atoms with Crippen LogP contribution in [0.1, 0.15) is 31.2 Å². The number of hydrogen-bond donors (Lipinski definition) is 2. The average Bonchev–Trinajstić information content (AvgIpc) is 2.39. The fraction of sp³-hybridized carbons (Fsp3) is 0.533. The summed E-state index contributed by atoms with van der Waals surface area (Å²) in [6.45, 7) is 0. The fourth-order valence-electron chi connectivity index (χ4n) is 3.09. The lowest BCUT2D eigenvalue weighted by molar-refractivity contribution is -0.151. The van der Waals surface area contributed by atoms with Gasteiger partial charge in [0.05, 0.1) is 11.7 Å². The van der Waals surface area contributed by atoms with Crippen LogP contribution in [0.25, 0.3) is 0 Å². The number of rotatable bonds is 5. The maximum Gasteiger partial charge on any atom is 0.309 e. The summed E-state index contributed by atoms with van der Waals surface area (Å²) in [5.74, 6) is -0.801. The van der Waals surface area contributed by atoms with Gasteiger partial charge in [0.2, 0.25) is 10.0 Å². The number of carboxylic acid groups (broad SMARTS) is 1. The molecule has 0 spiro atoms. The summed E-state index contributed by atoms with van der Waals surface area (Å²) in [7, 11) is -3.25. The molecule has 0 aromatic heterocycles. The minimum absolute atomic E-state index is 0.162. The molecule has 1 fully saturated rings. The van der Waals surface area contributed by atoms with E-state index < -0.39 is 21.4 Å². The Morgan fingerprint density at radius 1 is 1.41 bits per heavy atom. The molecule has 1 aromatic rings. The van der Waals surface area contributed by atoms with E-state index in [0.29, 0.717) is 32.1 Å². The molecule has 0 heterocycles. The summed E-state index contributed by atoms with van der Waals surface area (Å²) in [4.78, 5) is 11.8. The molecule has 0 unspecified atom stereocenters. The van der Waals surface area contributed by atoms with Crippen molar-refractivity contribution >= 4 is 31.9 Å². The number of carbonyl (C=O) groups is 1. The molecule has 2 rings (SSSR count). The third-order valence-corrected chi connectivity index (χ3v) is 5.46. The van der Waals surface area contributed by atoms with E-state index in [1.54, 1.807) is 0 Å². The van der Waals surface area contributed by atoms with E-state index in [2.05, 4.69) is 20.7 Å². The maximum atomic E-state index is 11.8. The molecule has 7 heteroatoms. The van der Waals surface area contributed by atoms with Crippen molar-refractivity contribution < 1.29 is 18.3 Å². The molecule has 0 saturated heterocycles. The smallest absolute Gasteiger partial charge is 0.309 e. The number of nitrogens with one attached hydrogen (secondary N) is 1. The molecule has 22 heavy (non-hydrogen) atoms. The van der Waals surface area contributed by atoms with Crippen molar-refractivity contribution in [2.24, 2.45) is 5.41 Å². The van der Waals surface area contributed by atoms with Gasteiger partial charge in [-0.3, -0.25) is 4.79 Å². The molecule has 0 bridgehead atoms. The highest BCUT2D eigenvalue weighted by Gasteiger charge is 2.42. The molecule has 1 saturated carbocycles. The largest absolute Gasteiger partial charge is 0.481 e. The molecule has 0 amide bonds. The quantitative estimate of drug-likeness (QED) is 0.810. The van der Waals surface area contributed by atoms with Crippen LogP contribution in [0.3, 0.4) is 0 Å². The third-order valence-electron chi connectivity index (χ3n) is 4.21. The Kier molecular flexibility index (Phi) is 5.29. The lowest BCUT2D eigenvalue weighted by atomic mass is 9.69. The van der Waals surface area contributed by atoms with Crippen LogP contribution in [0.4, 0.5) is 0 Å². The zero-order chi connectivity index (χ0) is 16.4. The van der Waals surface area contributed by atoms with Crippen LogP contribution in [0, 0.1) is 5.41 Å². The highest BCUT2D eigenvalue weighted by atomic mass is 79.9. The fourth-order valence-corrected chi connectivity index (χ4v) is 4.38. The van der Waals surface area contributed by atoms with Gasteiger partial charge in [-0.15, -0.1) is 0 Å². The lowest BCUT2D eigenvalue weighted by Gasteiger charge is -2.37. The van der Waals surface area contributed by atoms with Gasteiger partial charge in [-0.05, 0) is 49.8 Å². The van der Waals surface area contributed by atoms with E-state index in [4.69, 9.17) is 0 Å². The van der Waals surface area contributed by atoms with Gasteiger partial charge in [0.25, 0.3) is 0 Å². The van der Waals surface area contributed by atoms with Gasteiger partial charge in [-0.2, -0.15) is 0 Å². The highest BCUT2D eigenvalue weighted by Crippen LogP contribution is 2.40. The maximum absolute atomic E-state index is 11.8. The van der Waals surface area contributed by atoms with Crippen LogP contribution < -0.4 is 4.72 Å². The first kappa shape index (κ1) is 17.4. The molecular weight excluding hydrogens is 370 g/mol. The molecule has 122 valence electrons. The van der Waals surface area contributed by atoms with E-state index in [9.17, 15) is 18.3 Å². The van der Waals surface area contributed by atoms with Crippen LogP contribution in [0.15, 0.2) is 28.7 Å². The Balaban J connectivity index is 2.10. The van der Waals surface area contributed by atoms with Crippen molar-refractivity contribution in [1.82, 2.24) is 4.72 Å². The van der Waals surface area contributed by atoms with Gasteiger partial charge in [-0.25, -0.2) is 13.1 Å². The summed E-state index contributed by atoms with van der Waals surface area (Å²) in [5, 5.41) is 9.69. The van der Waals surface area contributed by atoms with Gasteiger partial charge >= 0.3 is 5.97 Å². The zero-order valence-electron chi connectivity index (χ0n) is 12.4. The number of aliphatic carboxylic acids is 1. The molecule has 1 aliphatic carbocycles. The minimum Gasteiger partial charge on any atom is -0.481 e. The summed E-state index contributed by atoms with van der Waals surface area (Å²) >= 11 is 3.40. The molecule has 1 aliphatic rings. The van der Waals surface area contributed by atoms with E-state index in [1.807, 2.05) is 24.3 Å². The van der Waals surface area contributed by atoms with Crippen molar-refractivity contribution in [3.05, 3.63) is 34.3 Å². The Hall–Kier alpha value is -0.920. The van der Waals surface area contributed by atoms with Crippen LogP contribution in [0.5, 0.6) is 0 Å². The normalized spacial score (nSPS) is 25.8. The van der Waals surface area contributed by atoms with Gasteiger partial charge in [-0.1, -0.05) is 28.1 Å². The topological polar surface area (TPSA) is 83.5 Å². The van der Waals surface area contributed by atoms with Gasteiger partial charge in [0, 0.05) is 10.5 Å². The van der Waals surface area contributed by atoms with Gasteiger partial charge < -0.3 is 5.11 Å². The van der Waals surface area contributed by atoms with E-state index in [1.165, 1.54) is 0 Å². The Morgan fingerprint density at radius 2 is 2.05 bits per heavy atom. The molecule has 0 radical (unpaired) electrons. The summed E-state index contributed by atoms with van der Waals surface area (Å²) in [5.41, 5.74) is 0.169. The van der Waals surface area contributed by atoms with Crippen molar-refractivity contribution in [3.63, 3.8) is 0 Å². The second kappa shape index (κ2) is 6.68. The average molecular weight is 390 g/mol. The highest BCUT2D eigenvalue weighted by molar-refractivity contribution is 9.10. The molecule has 5 nitrogen and oxygen atoms in total. The zero-order valence-corrected chi connectivity index (χ0v) is 14.8. The molecular formula is C15H20BrNO4S. The van der Waals surface area contributed by atoms with Crippen LogP contribution in [0.2, 0.25) is 0 Å². The first-order valence-electron chi connectivity index (χ1n) is 7.15. The van der Waals surface area contributed by atoms with E-state index in [0.717, 1.165) is 16.3 Å². The first-order chi connectivity index (χ1) is 10.2. The Labute approximate surface area is 139 Å². The van der Waals surface area contributed by atoms with Gasteiger partial charge in [0.15, 0.2) is 0 Å². The SMILES string of the molecule is CS(=O)(=O)NC1CCC(Cc2cccc(Br)c2)(C(=O)O)CC1. The number of halogens is 1. The van der Waals surface area contributed by atoms with Crippen LogP contribution >= 0.6 is 15.9 Å². The molecule has 1 aromatic carbocycles. The predicted molar refractivity (Wildman–Crippen MR) is 88.2 cm³/mol. The van der Waals surface area contributed by atoms with E-state index >= 15 is 0 Å². The monoisotopic (exact) mass is 389 g/mol. The van der Waals surface area contributed by atoms with Crippen molar-refractivity contribution in [2.75, 3.05) is 6.26 Å². The summed E-state index contributed by atoms with van der Waals surface area (Å²) in [6, 6.07) is 7.50. The summed E-state index contributed by atoms with van der Waals surface area (Å²) < 4.78 is 26.1. The molecule has 2 N–H and O–H groups in total. The van der Waals surface area contributed by atoms with E-state index in [-0.39, 0.29) is 6.04 Å². The molecule has 0 atom stereocenters. The van der Waals surface area contributed by atoms with Crippen LogP contribution in [-0.2, 0) is 21.2 Å². The first-order valence-corrected chi connectivity index (χ1v) is 9.84. The second-order valence-electron chi connectivity index (χ2n) is 6.06. The molecule has 0 aliphatic heterocycles. The summed E-state index contributed by atoms with van der Waals surface area (Å²) in [6.07, 6.45) is 3.64. The van der Waals surface area contributed by atoms with Crippen molar-refractivity contribution in [1.29, 1.82) is 0 Å². The lowest BCUT2D eigenvalue weighted by Crippen LogP contribution is -2.44. The Morgan fingerprint density at radius 3 is 2.55 bits per heavy atom. The Bertz CT molecular complexity index is 651. The van der Waals surface area contributed by atoms with Crippen molar-refractivity contribution in [3.8, 4) is 0 Å². The van der Waals surface area contributed by atoms with Crippen molar-refractivity contribution in [2.45, 2.75) is 38.1 Å². The van der Waals surface area contributed by atoms with Crippen LogP contribution in [-0.4, -0.2) is 31.8 Å². The standard InChI is InChI=1S/C15H20BrNO4S/c1-22(20,21)17-13-5-7-15(8-6-13,14(18)19)10-11-3-2-4-12(16)9-11/h2-4,9,13,17H,5-8,10H2,1H3,(H,18,19). The second-order valence-corrected chi connectivity index (χ2v) is 8.75. The number of benzene rings is 1. The predicted octanol–water partition coefficient (Wildman–Crippen LogP) is 2.55. The van der Waals surface area contributed by atoms with Gasteiger partial charge in [0.1, 0.15) is 0 Å². The third kappa shape index (κ3) is 4.54.